The SMILES string of the molecule is O=C(CC1CCNC1)Nc1nccc(Cl)n1. The van der Waals surface area contributed by atoms with Gasteiger partial charge in [0.25, 0.3) is 0 Å². The second-order valence-electron chi connectivity index (χ2n) is 3.81. The average molecular weight is 241 g/mol. The number of carbonyl (C=O) groups is 1. The van der Waals surface area contributed by atoms with Gasteiger partial charge in [-0.2, -0.15) is 0 Å². The van der Waals surface area contributed by atoms with E-state index in [4.69, 9.17) is 11.6 Å². The van der Waals surface area contributed by atoms with Crippen LogP contribution in [-0.4, -0.2) is 29.0 Å². The van der Waals surface area contributed by atoms with Crippen molar-refractivity contribution in [2.24, 2.45) is 5.92 Å². The van der Waals surface area contributed by atoms with Gasteiger partial charge < -0.3 is 5.32 Å². The van der Waals surface area contributed by atoms with Crippen molar-refractivity contribution in [1.82, 2.24) is 15.3 Å². The predicted molar refractivity (Wildman–Crippen MR) is 61.3 cm³/mol. The zero-order chi connectivity index (χ0) is 11.4. The van der Waals surface area contributed by atoms with Crippen LogP contribution in [0.2, 0.25) is 5.15 Å². The number of anilines is 1. The van der Waals surface area contributed by atoms with Crippen molar-refractivity contribution in [2.75, 3.05) is 18.4 Å². The summed E-state index contributed by atoms with van der Waals surface area (Å²) in [5.74, 6) is 0.624. The number of amides is 1. The van der Waals surface area contributed by atoms with Gasteiger partial charge in [-0.25, -0.2) is 9.97 Å². The van der Waals surface area contributed by atoms with Crippen molar-refractivity contribution in [1.29, 1.82) is 0 Å². The Kier molecular flexibility index (Phi) is 3.69. The molecular formula is C10H13ClN4O. The summed E-state index contributed by atoms with van der Waals surface area (Å²) in [6.07, 6.45) is 3.06. The highest BCUT2D eigenvalue weighted by Gasteiger charge is 2.18. The van der Waals surface area contributed by atoms with Crippen LogP contribution in [0.3, 0.4) is 0 Å². The van der Waals surface area contributed by atoms with Crippen LogP contribution in [-0.2, 0) is 4.79 Å². The lowest BCUT2D eigenvalue weighted by Crippen LogP contribution is -2.19. The van der Waals surface area contributed by atoms with Crippen molar-refractivity contribution >= 4 is 23.5 Å². The monoisotopic (exact) mass is 240 g/mol. The third kappa shape index (κ3) is 3.15. The predicted octanol–water partition coefficient (Wildman–Crippen LogP) is 1.07. The molecule has 0 aromatic carbocycles. The molecule has 1 aliphatic heterocycles. The highest BCUT2D eigenvalue weighted by atomic mass is 35.5. The molecule has 1 aliphatic rings. The molecule has 6 heteroatoms. The molecule has 2 N–H and O–H groups in total. The number of rotatable bonds is 3. The largest absolute Gasteiger partial charge is 0.316 e. The minimum Gasteiger partial charge on any atom is -0.316 e. The summed E-state index contributed by atoms with van der Waals surface area (Å²) in [5.41, 5.74) is 0. The van der Waals surface area contributed by atoms with E-state index in [9.17, 15) is 4.79 Å². The molecule has 5 nitrogen and oxygen atoms in total. The maximum Gasteiger partial charge on any atom is 0.230 e. The first-order valence-electron chi connectivity index (χ1n) is 5.23. The van der Waals surface area contributed by atoms with Crippen molar-refractivity contribution in [2.45, 2.75) is 12.8 Å². The van der Waals surface area contributed by atoms with E-state index in [2.05, 4.69) is 20.6 Å². The van der Waals surface area contributed by atoms with Crippen LogP contribution < -0.4 is 10.6 Å². The van der Waals surface area contributed by atoms with Crippen LogP contribution >= 0.6 is 11.6 Å². The quantitative estimate of drug-likeness (QED) is 0.776. The van der Waals surface area contributed by atoms with Crippen LogP contribution in [0.5, 0.6) is 0 Å². The molecule has 0 spiro atoms. The topological polar surface area (TPSA) is 66.9 Å². The maximum atomic E-state index is 11.6. The standard InChI is InChI=1S/C10H13ClN4O/c11-8-2-4-13-10(14-8)15-9(16)5-7-1-3-12-6-7/h2,4,7,12H,1,3,5-6H2,(H,13,14,15,16). The van der Waals surface area contributed by atoms with Crippen molar-refractivity contribution < 1.29 is 4.79 Å². The van der Waals surface area contributed by atoms with Gasteiger partial charge in [0, 0.05) is 12.6 Å². The van der Waals surface area contributed by atoms with Crippen LogP contribution in [0, 0.1) is 5.92 Å². The molecule has 1 amide bonds. The molecule has 2 heterocycles. The van der Waals surface area contributed by atoms with Gasteiger partial charge in [0.15, 0.2) is 0 Å². The molecule has 1 unspecified atom stereocenters. The van der Waals surface area contributed by atoms with E-state index in [0.717, 1.165) is 19.5 Å². The normalized spacial score (nSPS) is 19.7. The van der Waals surface area contributed by atoms with E-state index in [-0.39, 0.29) is 11.9 Å². The molecule has 0 aliphatic carbocycles. The molecule has 1 saturated heterocycles. The molecule has 0 radical (unpaired) electrons. The van der Waals surface area contributed by atoms with E-state index >= 15 is 0 Å². The van der Waals surface area contributed by atoms with E-state index < -0.39 is 0 Å². The number of carbonyl (C=O) groups excluding carboxylic acids is 1. The van der Waals surface area contributed by atoms with E-state index in [1.54, 1.807) is 6.07 Å². The Labute approximate surface area is 98.6 Å². The minimum absolute atomic E-state index is 0.0593. The van der Waals surface area contributed by atoms with Crippen molar-refractivity contribution in [3.8, 4) is 0 Å². The van der Waals surface area contributed by atoms with Crippen LogP contribution in [0.15, 0.2) is 12.3 Å². The van der Waals surface area contributed by atoms with Gasteiger partial charge in [-0.1, -0.05) is 11.6 Å². The lowest BCUT2D eigenvalue weighted by atomic mass is 10.1. The Morgan fingerprint density at radius 1 is 1.69 bits per heavy atom. The van der Waals surface area contributed by atoms with Crippen LogP contribution in [0.4, 0.5) is 5.95 Å². The highest BCUT2D eigenvalue weighted by Crippen LogP contribution is 2.13. The van der Waals surface area contributed by atoms with E-state index in [1.807, 2.05) is 0 Å². The maximum absolute atomic E-state index is 11.6. The zero-order valence-electron chi connectivity index (χ0n) is 8.74. The number of nitrogens with one attached hydrogen (secondary N) is 2. The van der Waals surface area contributed by atoms with E-state index in [0.29, 0.717) is 17.5 Å². The number of nitrogens with zero attached hydrogens (tertiary/aromatic N) is 2. The average Bonchev–Trinajstić information content (AvgIpc) is 2.70. The Balaban J connectivity index is 1.86. The molecule has 86 valence electrons. The van der Waals surface area contributed by atoms with Gasteiger partial charge in [-0.3, -0.25) is 10.1 Å². The highest BCUT2D eigenvalue weighted by molar-refractivity contribution is 6.29. The van der Waals surface area contributed by atoms with E-state index in [1.165, 1.54) is 6.20 Å². The summed E-state index contributed by atoms with van der Waals surface area (Å²) in [6.45, 7) is 1.90. The van der Waals surface area contributed by atoms with Gasteiger partial charge in [0.2, 0.25) is 11.9 Å². The van der Waals surface area contributed by atoms with Crippen molar-refractivity contribution in [3.63, 3.8) is 0 Å². The van der Waals surface area contributed by atoms with Gasteiger partial charge in [-0.15, -0.1) is 0 Å². The molecule has 2 rings (SSSR count). The van der Waals surface area contributed by atoms with Gasteiger partial charge in [0.1, 0.15) is 5.15 Å². The summed E-state index contributed by atoms with van der Waals surface area (Å²) >= 11 is 5.69. The molecule has 16 heavy (non-hydrogen) atoms. The van der Waals surface area contributed by atoms with Crippen LogP contribution in [0.25, 0.3) is 0 Å². The smallest absolute Gasteiger partial charge is 0.230 e. The first-order valence-corrected chi connectivity index (χ1v) is 5.61. The molecule has 1 fully saturated rings. The number of hydrogen-bond donors (Lipinski definition) is 2. The number of halogens is 1. The summed E-state index contributed by atoms with van der Waals surface area (Å²) in [5, 5.41) is 6.18. The second kappa shape index (κ2) is 5.23. The minimum atomic E-state index is -0.0593. The lowest BCUT2D eigenvalue weighted by Gasteiger charge is -2.07. The Bertz CT molecular complexity index is 379. The summed E-state index contributed by atoms with van der Waals surface area (Å²) in [4.78, 5) is 19.4. The number of hydrogen-bond acceptors (Lipinski definition) is 4. The Hall–Kier alpha value is -1.20. The molecule has 0 bridgehead atoms. The van der Waals surface area contributed by atoms with Gasteiger partial charge in [0.05, 0.1) is 0 Å². The van der Waals surface area contributed by atoms with Gasteiger partial charge in [-0.05, 0) is 31.5 Å². The fourth-order valence-corrected chi connectivity index (χ4v) is 1.86. The van der Waals surface area contributed by atoms with Gasteiger partial charge >= 0.3 is 0 Å². The second-order valence-corrected chi connectivity index (χ2v) is 4.20. The Morgan fingerprint density at radius 3 is 3.25 bits per heavy atom. The third-order valence-corrected chi connectivity index (χ3v) is 2.72. The van der Waals surface area contributed by atoms with Crippen molar-refractivity contribution in [3.05, 3.63) is 17.4 Å². The lowest BCUT2D eigenvalue weighted by molar-refractivity contribution is -0.117. The summed E-state index contributed by atoms with van der Waals surface area (Å²) in [7, 11) is 0. The molecule has 1 aromatic rings. The Morgan fingerprint density at radius 2 is 2.56 bits per heavy atom. The fourth-order valence-electron chi connectivity index (χ4n) is 1.72. The zero-order valence-corrected chi connectivity index (χ0v) is 9.50. The summed E-state index contributed by atoms with van der Waals surface area (Å²) in [6, 6.07) is 1.57. The fraction of sp³-hybridized carbons (Fsp3) is 0.500. The molecule has 1 atom stereocenters. The first-order chi connectivity index (χ1) is 7.74. The molecule has 0 saturated carbocycles. The molecular weight excluding hydrogens is 228 g/mol. The molecule has 1 aromatic heterocycles. The third-order valence-electron chi connectivity index (χ3n) is 2.51. The number of aromatic nitrogens is 2. The summed E-state index contributed by atoms with van der Waals surface area (Å²) < 4.78 is 0. The first kappa shape index (κ1) is 11.3. The van der Waals surface area contributed by atoms with Crippen LogP contribution in [0.1, 0.15) is 12.8 Å².